The number of benzene rings is 1. The van der Waals surface area contributed by atoms with Crippen LogP contribution < -0.4 is 0 Å². The lowest BCUT2D eigenvalue weighted by Crippen LogP contribution is -1.94. The van der Waals surface area contributed by atoms with Gasteiger partial charge in [-0.05, 0) is 37.0 Å². The number of hydrogen-bond donors (Lipinski definition) is 0. The smallest absolute Gasteiger partial charge is 0.112 e. The van der Waals surface area contributed by atoms with Crippen LogP contribution in [0.4, 0.5) is 0 Å². The van der Waals surface area contributed by atoms with Crippen molar-refractivity contribution in [2.24, 2.45) is 7.05 Å². The number of imidazole rings is 1. The summed E-state index contributed by atoms with van der Waals surface area (Å²) in [6.07, 6.45) is 3.95. The van der Waals surface area contributed by atoms with Gasteiger partial charge >= 0.3 is 0 Å². The molecule has 0 aliphatic heterocycles. The van der Waals surface area contributed by atoms with Crippen molar-refractivity contribution in [1.29, 1.82) is 5.26 Å². The fourth-order valence-electron chi connectivity index (χ4n) is 2.33. The van der Waals surface area contributed by atoms with Crippen molar-refractivity contribution in [1.82, 2.24) is 9.55 Å². The number of aryl methyl sites for hydroxylation is 2. The van der Waals surface area contributed by atoms with Gasteiger partial charge in [0, 0.05) is 19.4 Å². The fourth-order valence-corrected chi connectivity index (χ4v) is 2.33. The van der Waals surface area contributed by atoms with Gasteiger partial charge in [-0.25, -0.2) is 4.98 Å². The maximum absolute atomic E-state index is 8.60. The molecule has 1 aromatic carbocycles. The Labute approximate surface area is 101 Å². The van der Waals surface area contributed by atoms with Crippen LogP contribution in [0, 0.1) is 11.3 Å². The minimum absolute atomic E-state index is 0.577. The van der Waals surface area contributed by atoms with Gasteiger partial charge in [0.2, 0.25) is 0 Å². The molecule has 0 N–H and O–H groups in total. The van der Waals surface area contributed by atoms with E-state index in [4.69, 9.17) is 10.2 Å². The van der Waals surface area contributed by atoms with E-state index in [2.05, 4.69) is 35.9 Å². The summed E-state index contributed by atoms with van der Waals surface area (Å²) in [5.41, 5.74) is 3.48. The molecule has 3 heteroatoms. The van der Waals surface area contributed by atoms with E-state index in [0.717, 1.165) is 11.9 Å². The van der Waals surface area contributed by atoms with Gasteiger partial charge < -0.3 is 4.57 Å². The molecule has 0 saturated heterocycles. The van der Waals surface area contributed by atoms with E-state index in [1.807, 2.05) is 0 Å². The molecule has 2 aromatic rings. The van der Waals surface area contributed by atoms with E-state index < -0.39 is 0 Å². The van der Waals surface area contributed by atoms with E-state index >= 15 is 0 Å². The average Bonchev–Trinajstić information content (AvgIpc) is 3.13. The normalized spacial score (nSPS) is 15.1. The zero-order valence-electron chi connectivity index (χ0n) is 9.98. The molecule has 0 atom stereocenters. The van der Waals surface area contributed by atoms with E-state index in [9.17, 15) is 0 Å². The first-order chi connectivity index (χ1) is 8.29. The summed E-state index contributed by atoms with van der Waals surface area (Å²) < 4.78 is 2.21. The molecule has 1 aliphatic rings. The molecule has 1 fully saturated rings. The summed E-state index contributed by atoms with van der Waals surface area (Å²) in [4.78, 5) is 4.72. The molecule has 0 amide bonds. The Morgan fingerprint density at radius 3 is 3.00 bits per heavy atom. The molecule has 1 aromatic heterocycles. The summed E-state index contributed by atoms with van der Waals surface area (Å²) in [6.45, 7) is 0. The quantitative estimate of drug-likeness (QED) is 0.806. The van der Waals surface area contributed by atoms with Crippen LogP contribution in [0.5, 0.6) is 0 Å². The van der Waals surface area contributed by atoms with Crippen molar-refractivity contribution >= 4 is 11.0 Å². The maximum Gasteiger partial charge on any atom is 0.112 e. The molecular weight excluding hydrogens is 210 g/mol. The highest BCUT2D eigenvalue weighted by Gasteiger charge is 2.28. The average molecular weight is 225 g/mol. The summed E-state index contributed by atoms with van der Waals surface area (Å²) >= 11 is 0. The second-order valence-corrected chi connectivity index (χ2v) is 4.78. The number of aromatic nitrogens is 2. The lowest BCUT2D eigenvalue weighted by Gasteiger charge is -2.00. The predicted molar refractivity (Wildman–Crippen MR) is 66.6 cm³/mol. The molecule has 0 spiro atoms. The van der Waals surface area contributed by atoms with Gasteiger partial charge in [0.1, 0.15) is 5.82 Å². The lowest BCUT2D eigenvalue weighted by atomic mass is 10.1. The minimum atomic E-state index is 0.577. The molecule has 0 unspecified atom stereocenters. The monoisotopic (exact) mass is 225 g/mol. The first kappa shape index (κ1) is 10.3. The fraction of sp³-hybridized carbons (Fsp3) is 0.429. The SMILES string of the molecule is Cn1c(C2CC2)nc2cc(CCC#N)ccc21. The van der Waals surface area contributed by atoms with Gasteiger partial charge in [0.25, 0.3) is 0 Å². The zero-order valence-corrected chi connectivity index (χ0v) is 9.98. The first-order valence-corrected chi connectivity index (χ1v) is 6.12. The summed E-state index contributed by atoms with van der Waals surface area (Å²) in [6, 6.07) is 8.54. The third-order valence-corrected chi connectivity index (χ3v) is 3.45. The highest BCUT2D eigenvalue weighted by Crippen LogP contribution is 2.40. The maximum atomic E-state index is 8.60. The lowest BCUT2D eigenvalue weighted by molar-refractivity contribution is 0.820. The minimum Gasteiger partial charge on any atom is -0.331 e. The van der Waals surface area contributed by atoms with E-state index in [-0.39, 0.29) is 0 Å². The Balaban J connectivity index is 2.01. The van der Waals surface area contributed by atoms with Crippen LogP contribution in [0.15, 0.2) is 18.2 Å². The van der Waals surface area contributed by atoms with Gasteiger partial charge in [-0.2, -0.15) is 5.26 Å². The highest BCUT2D eigenvalue weighted by molar-refractivity contribution is 5.77. The van der Waals surface area contributed by atoms with Crippen LogP contribution in [-0.4, -0.2) is 9.55 Å². The molecule has 1 saturated carbocycles. The first-order valence-electron chi connectivity index (χ1n) is 6.12. The zero-order chi connectivity index (χ0) is 11.8. The van der Waals surface area contributed by atoms with Crippen LogP contribution in [0.3, 0.4) is 0 Å². The number of nitriles is 1. The Hall–Kier alpha value is -1.82. The van der Waals surface area contributed by atoms with Crippen LogP contribution in [0.25, 0.3) is 11.0 Å². The Bertz CT molecular complexity index is 600. The van der Waals surface area contributed by atoms with Gasteiger partial charge in [-0.15, -0.1) is 0 Å². The largest absolute Gasteiger partial charge is 0.331 e. The van der Waals surface area contributed by atoms with Gasteiger partial charge in [-0.3, -0.25) is 0 Å². The molecule has 86 valence electrons. The molecule has 3 rings (SSSR count). The van der Waals surface area contributed by atoms with E-state index in [1.165, 1.54) is 29.7 Å². The van der Waals surface area contributed by atoms with Crippen molar-refractivity contribution in [3.05, 3.63) is 29.6 Å². The molecule has 0 bridgehead atoms. The molecule has 0 radical (unpaired) electrons. The van der Waals surface area contributed by atoms with Crippen LogP contribution >= 0.6 is 0 Å². The number of fused-ring (bicyclic) bond motifs is 1. The van der Waals surface area contributed by atoms with Gasteiger partial charge in [0.15, 0.2) is 0 Å². The van der Waals surface area contributed by atoms with E-state index in [1.54, 1.807) is 0 Å². The Morgan fingerprint density at radius 2 is 2.29 bits per heavy atom. The Morgan fingerprint density at radius 1 is 1.47 bits per heavy atom. The van der Waals surface area contributed by atoms with Crippen LogP contribution in [0.2, 0.25) is 0 Å². The molecule has 1 aliphatic carbocycles. The number of hydrogen-bond acceptors (Lipinski definition) is 2. The second-order valence-electron chi connectivity index (χ2n) is 4.78. The van der Waals surface area contributed by atoms with Crippen LogP contribution in [-0.2, 0) is 13.5 Å². The van der Waals surface area contributed by atoms with Gasteiger partial charge in [-0.1, -0.05) is 6.07 Å². The third kappa shape index (κ3) is 1.80. The molecular formula is C14H15N3. The van der Waals surface area contributed by atoms with Crippen molar-refractivity contribution in [3.63, 3.8) is 0 Å². The van der Waals surface area contributed by atoms with Crippen molar-refractivity contribution in [2.75, 3.05) is 0 Å². The molecule has 3 nitrogen and oxygen atoms in total. The standard InChI is InChI=1S/C14H15N3/c1-17-13-7-4-10(3-2-8-15)9-12(13)16-14(17)11-5-6-11/h4,7,9,11H,2-3,5-6H2,1H3. The third-order valence-electron chi connectivity index (χ3n) is 3.45. The topological polar surface area (TPSA) is 41.6 Å². The second kappa shape index (κ2) is 3.89. The van der Waals surface area contributed by atoms with Gasteiger partial charge in [0.05, 0.1) is 17.1 Å². The Kier molecular flexibility index (Phi) is 2.36. The number of nitrogens with zero attached hydrogens (tertiary/aromatic N) is 3. The molecule has 1 heterocycles. The number of rotatable bonds is 3. The van der Waals surface area contributed by atoms with Crippen molar-refractivity contribution < 1.29 is 0 Å². The van der Waals surface area contributed by atoms with E-state index in [0.29, 0.717) is 12.3 Å². The summed E-state index contributed by atoms with van der Waals surface area (Å²) in [7, 11) is 2.10. The summed E-state index contributed by atoms with van der Waals surface area (Å²) in [5, 5.41) is 8.60. The van der Waals surface area contributed by atoms with Crippen molar-refractivity contribution in [2.45, 2.75) is 31.6 Å². The predicted octanol–water partition coefficient (Wildman–Crippen LogP) is 2.91. The van der Waals surface area contributed by atoms with Crippen LogP contribution in [0.1, 0.15) is 36.6 Å². The summed E-state index contributed by atoms with van der Waals surface area (Å²) in [5.74, 6) is 1.90. The highest BCUT2D eigenvalue weighted by atomic mass is 15.1. The molecule has 17 heavy (non-hydrogen) atoms. The van der Waals surface area contributed by atoms with Crippen molar-refractivity contribution in [3.8, 4) is 6.07 Å².